The van der Waals surface area contributed by atoms with Gasteiger partial charge in [0.1, 0.15) is 27.9 Å². The van der Waals surface area contributed by atoms with Crippen LogP contribution in [0, 0.1) is 5.82 Å². The van der Waals surface area contributed by atoms with Gasteiger partial charge in [0.15, 0.2) is 5.75 Å². The standard InChI is InChI=1S/C28H22BrClF4N4O5/c1-3-43-23-17(25(35)39)11-20(37-22(23)13-4-6-16(31)7-5-13)27(41,28(32,33)34)12-36-26(40)15-8-14-9-18(29)24(30)38-21(14)19(10-15)42-2/h4-11,41H,3,12H2,1-2H3,(H2,35,39)(H,36,40)/t27-/m0/s1. The number of methoxy groups -OCH3 is 1. The Morgan fingerprint density at radius 2 is 1.79 bits per heavy atom. The van der Waals surface area contributed by atoms with Crippen molar-refractivity contribution in [1.82, 2.24) is 15.3 Å². The van der Waals surface area contributed by atoms with Crippen molar-refractivity contribution in [1.29, 1.82) is 0 Å². The molecule has 1 atom stereocenters. The van der Waals surface area contributed by atoms with Gasteiger partial charge in [-0.15, -0.1) is 0 Å². The molecule has 0 fully saturated rings. The van der Waals surface area contributed by atoms with Crippen molar-refractivity contribution >= 4 is 50.2 Å². The number of fused-ring (bicyclic) bond motifs is 1. The summed E-state index contributed by atoms with van der Waals surface area (Å²) in [5.74, 6) is -2.96. The molecule has 2 amide bonds. The SMILES string of the molecule is CCOc1c(C(N)=O)cc([C@@](O)(CNC(=O)c2cc(OC)c3nc(Cl)c(Br)cc3c2)C(F)(F)F)nc1-c1ccc(F)cc1. The van der Waals surface area contributed by atoms with Crippen molar-refractivity contribution in [2.45, 2.75) is 18.7 Å². The van der Waals surface area contributed by atoms with Crippen LogP contribution in [0.4, 0.5) is 17.6 Å². The van der Waals surface area contributed by atoms with E-state index < -0.39 is 47.2 Å². The normalized spacial score (nSPS) is 13.0. The maximum absolute atomic E-state index is 14.5. The van der Waals surface area contributed by atoms with Crippen LogP contribution in [0.5, 0.6) is 11.5 Å². The molecular formula is C28H22BrClF4N4O5. The summed E-state index contributed by atoms with van der Waals surface area (Å²) in [4.78, 5) is 33.6. The van der Waals surface area contributed by atoms with Crippen molar-refractivity contribution in [3.63, 3.8) is 0 Å². The predicted octanol–water partition coefficient (Wildman–Crippen LogP) is 5.54. The highest BCUT2D eigenvalue weighted by molar-refractivity contribution is 9.10. The fraction of sp³-hybridized carbons (Fsp3) is 0.214. The number of aromatic nitrogens is 2. The first-order valence-corrected chi connectivity index (χ1v) is 13.5. The Bertz CT molecular complexity index is 1720. The quantitative estimate of drug-likeness (QED) is 0.156. The molecule has 9 nitrogen and oxygen atoms in total. The number of hydrogen-bond donors (Lipinski definition) is 3. The summed E-state index contributed by atoms with van der Waals surface area (Å²) in [5, 5.41) is 13.7. The minimum absolute atomic E-state index is 0.0252. The van der Waals surface area contributed by atoms with Gasteiger partial charge in [0.05, 0.1) is 36.0 Å². The number of halogens is 6. The van der Waals surface area contributed by atoms with Gasteiger partial charge >= 0.3 is 6.18 Å². The molecule has 0 aliphatic carbocycles. The first-order valence-electron chi connectivity index (χ1n) is 12.3. The van der Waals surface area contributed by atoms with Gasteiger partial charge in [-0.25, -0.2) is 14.4 Å². The van der Waals surface area contributed by atoms with Crippen LogP contribution in [-0.2, 0) is 5.60 Å². The van der Waals surface area contributed by atoms with Gasteiger partial charge in [0.2, 0.25) is 5.60 Å². The molecule has 226 valence electrons. The molecule has 15 heteroatoms. The van der Waals surface area contributed by atoms with Gasteiger partial charge in [0, 0.05) is 16.5 Å². The van der Waals surface area contributed by atoms with Crippen molar-refractivity contribution in [3.8, 4) is 22.8 Å². The third kappa shape index (κ3) is 6.36. The number of ether oxygens (including phenoxy) is 2. The highest BCUT2D eigenvalue weighted by Crippen LogP contribution is 2.42. The number of carbonyl (C=O) groups is 2. The smallest absolute Gasteiger partial charge is 0.424 e. The van der Waals surface area contributed by atoms with E-state index in [1.165, 1.54) is 31.4 Å². The lowest BCUT2D eigenvalue weighted by atomic mass is 9.94. The lowest BCUT2D eigenvalue weighted by Crippen LogP contribution is -2.51. The van der Waals surface area contributed by atoms with Crippen LogP contribution in [-0.4, -0.2) is 53.3 Å². The second-order valence-electron chi connectivity index (χ2n) is 9.09. The number of hydrogen-bond acceptors (Lipinski definition) is 7. The van der Waals surface area contributed by atoms with E-state index >= 15 is 0 Å². The Morgan fingerprint density at radius 1 is 1.12 bits per heavy atom. The molecule has 0 saturated carbocycles. The molecule has 4 aromatic rings. The number of primary amides is 1. The molecule has 0 saturated heterocycles. The summed E-state index contributed by atoms with van der Waals surface area (Å²) < 4.78 is 68.4. The average Bonchev–Trinajstić information content (AvgIpc) is 2.95. The molecular weight excluding hydrogens is 664 g/mol. The third-order valence-corrected chi connectivity index (χ3v) is 7.44. The first-order chi connectivity index (χ1) is 20.2. The molecule has 0 radical (unpaired) electrons. The van der Waals surface area contributed by atoms with Crippen LogP contribution in [0.1, 0.15) is 33.3 Å². The Hall–Kier alpha value is -4.01. The maximum Gasteiger partial charge on any atom is 0.424 e. The van der Waals surface area contributed by atoms with Crippen LogP contribution in [0.25, 0.3) is 22.2 Å². The molecule has 2 aromatic carbocycles. The van der Waals surface area contributed by atoms with Gasteiger partial charge in [-0.1, -0.05) is 11.6 Å². The molecule has 2 heterocycles. The summed E-state index contributed by atoms with van der Waals surface area (Å²) in [6, 6.07) is 9.25. The number of aliphatic hydroxyl groups is 1. The van der Waals surface area contributed by atoms with Crippen LogP contribution >= 0.6 is 27.5 Å². The number of rotatable bonds is 9. The minimum Gasteiger partial charge on any atom is -0.494 e. The first kappa shape index (κ1) is 31.9. The van der Waals surface area contributed by atoms with Crippen LogP contribution in [0.2, 0.25) is 5.15 Å². The lowest BCUT2D eigenvalue weighted by Gasteiger charge is -2.31. The monoisotopic (exact) mass is 684 g/mol. The molecule has 0 spiro atoms. The van der Waals surface area contributed by atoms with Gasteiger partial charge in [-0.3, -0.25) is 9.59 Å². The zero-order valence-corrected chi connectivity index (χ0v) is 24.7. The van der Waals surface area contributed by atoms with Crippen LogP contribution in [0.15, 0.2) is 53.0 Å². The fourth-order valence-electron chi connectivity index (χ4n) is 4.16. The molecule has 4 rings (SSSR count). The summed E-state index contributed by atoms with van der Waals surface area (Å²) >= 11 is 9.27. The van der Waals surface area contributed by atoms with Gasteiger partial charge in [-0.2, -0.15) is 13.2 Å². The third-order valence-electron chi connectivity index (χ3n) is 6.32. The Balaban J connectivity index is 1.80. The molecule has 2 aromatic heterocycles. The van der Waals surface area contributed by atoms with Gasteiger partial charge in [0.25, 0.3) is 11.8 Å². The van der Waals surface area contributed by atoms with Crippen LogP contribution < -0.4 is 20.5 Å². The highest BCUT2D eigenvalue weighted by atomic mass is 79.9. The zero-order valence-electron chi connectivity index (χ0n) is 22.4. The van der Waals surface area contributed by atoms with E-state index in [2.05, 4.69) is 31.2 Å². The topological polar surface area (TPSA) is 137 Å². The summed E-state index contributed by atoms with van der Waals surface area (Å²) in [6.45, 7) is 0.114. The van der Waals surface area contributed by atoms with E-state index in [0.717, 1.165) is 12.1 Å². The summed E-state index contributed by atoms with van der Waals surface area (Å²) in [6.07, 6.45) is -5.41. The zero-order chi connectivity index (χ0) is 31.7. The number of benzene rings is 2. The number of amides is 2. The van der Waals surface area contributed by atoms with Crippen molar-refractivity contribution < 1.29 is 41.7 Å². The lowest BCUT2D eigenvalue weighted by molar-refractivity contribution is -0.265. The van der Waals surface area contributed by atoms with Crippen molar-refractivity contribution in [2.24, 2.45) is 5.73 Å². The summed E-state index contributed by atoms with van der Waals surface area (Å²) in [7, 11) is 1.31. The number of pyridine rings is 2. The van der Waals surface area contributed by atoms with E-state index in [4.69, 9.17) is 26.8 Å². The highest BCUT2D eigenvalue weighted by Gasteiger charge is 2.57. The van der Waals surface area contributed by atoms with E-state index in [1.54, 1.807) is 13.0 Å². The molecule has 0 aliphatic rings. The number of carbonyl (C=O) groups excluding carboxylic acids is 2. The van der Waals surface area contributed by atoms with E-state index in [9.17, 15) is 32.3 Å². The summed E-state index contributed by atoms with van der Waals surface area (Å²) in [5.41, 5.74) is 0.0167. The average molecular weight is 686 g/mol. The van der Waals surface area contributed by atoms with Crippen molar-refractivity contribution in [2.75, 3.05) is 20.3 Å². The number of nitrogens with zero attached hydrogens (tertiary/aromatic N) is 2. The Morgan fingerprint density at radius 3 is 2.37 bits per heavy atom. The second-order valence-corrected chi connectivity index (χ2v) is 10.3. The van der Waals surface area contributed by atoms with E-state index in [1.807, 2.05) is 0 Å². The van der Waals surface area contributed by atoms with E-state index in [-0.39, 0.29) is 40.1 Å². The molecule has 0 bridgehead atoms. The number of alkyl halides is 3. The fourth-order valence-corrected chi connectivity index (χ4v) is 4.64. The number of nitrogens with two attached hydrogens (primary N) is 1. The number of nitrogens with one attached hydrogen (secondary N) is 1. The molecule has 0 aliphatic heterocycles. The maximum atomic E-state index is 14.5. The largest absolute Gasteiger partial charge is 0.494 e. The van der Waals surface area contributed by atoms with Crippen molar-refractivity contribution in [3.05, 3.63) is 80.8 Å². The Kier molecular flexibility index (Phi) is 9.13. The minimum atomic E-state index is -5.41. The predicted molar refractivity (Wildman–Crippen MR) is 153 cm³/mol. The molecule has 4 N–H and O–H groups in total. The van der Waals surface area contributed by atoms with Crippen LogP contribution in [0.3, 0.4) is 0 Å². The van der Waals surface area contributed by atoms with E-state index in [0.29, 0.717) is 21.4 Å². The van der Waals surface area contributed by atoms with Gasteiger partial charge < -0.3 is 25.6 Å². The van der Waals surface area contributed by atoms with Gasteiger partial charge in [-0.05, 0) is 71.4 Å². The Labute approximate surface area is 255 Å². The molecule has 0 unspecified atom stereocenters. The second kappa shape index (κ2) is 12.3. The molecule has 43 heavy (non-hydrogen) atoms.